The van der Waals surface area contributed by atoms with Crippen molar-refractivity contribution in [3.8, 4) is 0 Å². The second-order valence-electron chi connectivity index (χ2n) is 5.41. The average Bonchev–Trinajstić information content (AvgIpc) is 2.85. The molecule has 0 radical (unpaired) electrons. The number of halogens is 1. The van der Waals surface area contributed by atoms with E-state index in [-0.39, 0.29) is 10.6 Å². The topological polar surface area (TPSA) is 32.9 Å². The van der Waals surface area contributed by atoms with Crippen LogP contribution in [0.15, 0.2) is 42.5 Å². The molecule has 1 unspecified atom stereocenters. The molecule has 0 amide bonds. The summed E-state index contributed by atoms with van der Waals surface area (Å²) in [4.78, 5) is 16.2. The predicted molar refractivity (Wildman–Crippen MR) is 92.4 cm³/mol. The molecule has 0 aliphatic carbocycles. The van der Waals surface area contributed by atoms with E-state index in [9.17, 15) is 4.79 Å². The molecule has 108 valence electrons. The maximum atomic E-state index is 12.6. The normalized spacial score (nSPS) is 12.9. The minimum absolute atomic E-state index is 0.197. The van der Waals surface area contributed by atoms with Gasteiger partial charge in [0.05, 0.1) is 5.52 Å². The van der Waals surface area contributed by atoms with Gasteiger partial charge in [0.25, 0.3) is 0 Å². The predicted octanol–water partition coefficient (Wildman–Crippen LogP) is 5.46. The second-order valence-corrected chi connectivity index (χ2v) is 6.71. The Morgan fingerprint density at radius 1 is 1.14 bits per heavy atom. The van der Waals surface area contributed by atoms with E-state index in [1.54, 1.807) is 0 Å². The lowest BCUT2D eigenvalue weighted by Gasteiger charge is -2.08. The number of carbonyl (C=O) groups is 1. The zero-order chi connectivity index (χ0) is 14.8. The van der Waals surface area contributed by atoms with Gasteiger partial charge >= 0.3 is 0 Å². The summed E-state index contributed by atoms with van der Waals surface area (Å²) < 4.78 is 0. The van der Waals surface area contributed by atoms with Crippen molar-refractivity contribution >= 4 is 43.5 Å². The maximum absolute atomic E-state index is 12.6. The fourth-order valence-corrected chi connectivity index (χ4v) is 3.58. The Balaban J connectivity index is 2.04. The van der Waals surface area contributed by atoms with Crippen LogP contribution in [-0.4, -0.2) is 15.6 Å². The Morgan fingerprint density at radius 2 is 1.90 bits per heavy atom. The summed E-state index contributed by atoms with van der Waals surface area (Å²) in [5, 5.41) is 2.30. The van der Waals surface area contributed by atoms with Gasteiger partial charge in [-0.25, -0.2) is 0 Å². The van der Waals surface area contributed by atoms with Crippen molar-refractivity contribution in [2.75, 3.05) is 0 Å². The molecule has 0 saturated heterocycles. The summed E-state index contributed by atoms with van der Waals surface area (Å²) in [6.07, 6.45) is 2.65. The van der Waals surface area contributed by atoms with E-state index in [0.29, 0.717) is 6.42 Å². The molecule has 2 nitrogen and oxygen atoms in total. The number of hydrogen-bond acceptors (Lipinski definition) is 1. The van der Waals surface area contributed by atoms with E-state index in [1.165, 1.54) is 5.39 Å². The third-order valence-electron chi connectivity index (χ3n) is 3.85. The molecule has 1 atom stereocenters. The largest absolute Gasteiger partial charge is 0.354 e. The number of alkyl halides is 1. The van der Waals surface area contributed by atoms with Gasteiger partial charge in [0.2, 0.25) is 0 Å². The van der Waals surface area contributed by atoms with E-state index < -0.39 is 0 Å². The van der Waals surface area contributed by atoms with Crippen LogP contribution < -0.4 is 0 Å². The zero-order valence-electron chi connectivity index (χ0n) is 12.0. The Bertz CT molecular complexity index is 790. The van der Waals surface area contributed by atoms with Crippen LogP contribution in [-0.2, 0) is 0 Å². The first-order valence-corrected chi connectivity index (χ1v) is 8.29. The number of nitrogens with one attached hydrogen (secondary N) is 1. The molecule has 3 aromatic rings. The van der Waals surface area contributed by atoms with E-state index in [0.717, 1.165) is 34.8 Å². The molecule has 0 spiro atoms. The lowest BCUT2D eigenvalue weighted by molar-refractivity contribution is 0.0983. The molecule has 2 aromatic carbocycles. The van der Waals surface area contributed by atoms with Crippen LogP contribution in [0, 0.1) is 0 Å². The molecule has 0 aliphatic heterocycles. The van der Waals surface area contributed by atoms with E-state index >= 15 is 0 Å². The van der Waals surface area contributed by atoms with Crippen LogP contribution in [0.2, 0.25) is 0 Å². The van der Waals surface area contributed by atoms with Crippen LogP contribution >= 0.6 is 15.9 Å². The summed E-state index contributed by atoms with van der Waals surface area (Å²) in [6, 6.07) is 14.1. The molecule has 3 rings (SSSR count). The van der Waals surface area contributed by atoms with Gasteiger partial charge in [-0.3, -0.25) is 4.79 Å². The number of H-pyrrole nitrogens is 1. The van der Waals surface area contributed by atoms with Gasteiger partial charge < -0.3 is 4.98 Å². The van der Waals surface area contributed by atoms with Crippen LogP contribution in [0.3, 0.4) is 0 Å². The molecule has 21 heavy (non-hydrogen) atoms. The first-order valence-electron chi connectivity index (χ1n) is 7.37. The van der Waals surface area contributed by atoms with E-state index in [1.807, 2.05) is 30.3 Å². The summed E-state index contributed by atoms with van der Waals surface area (Å²) in [5.74, 6) is 0.197. The summed E-state index contributed by atoms with van der Waals surface area (Å²) in [7, 11) is 0. The standard InChI is InChI=1S/C18H18BrNO/c1-2-6-12(19)11-17(21)15-9-5-8-14-13-7-3-4-10-16(13)20-18(14)15/h3-5,7-10,12,20H,2,6,11H2,1H3. The summed E-state index contributed by atoms with van der Waals surface area (Å²) >= 11 is 3.60. The molecule has 1 aromatic heterocycles. The van der Waals surface area contributed by atoms with Gasteiger partial charge in [0.1, 0.15) is 0 Å². The molecule has 1 heterocycles. The number of rotatable bonds is 5. The molecule has 0 aliphatic rings. The van der Waals surface area contributed by atoms with Crippen molar-refractivity contribution < 1.29 is 4.79 Å². The number of para-hydroxylation sites is 2. The molecule has 0 saturated carbocycles. The minimum atomic E-state index is 0.197. The first-order chi connectivity index (χ1) is 10.2. The number of ketones is 1. The SMILES string of the molecule is CCCC(Br)CC(=O)c1cccc2c1[nH]c1ccccc12. The fraction of sp³-hybridized carbons (Fsp3) is 0.278. The van der Waals surface area contributed by atoms with Crippen molar-refractivity contribution in [2.24, 2.45) is 0 Å². The quantitative estimate of drug-likeness (QED) is 0.484. The van der Waals surface area contributed by atoms with Crippen molar-refractivity contribution in [3.05, 3.63) is 48.0 Å². The highest BCUT2D eigenvalue weighted by atomic mass is 79.9. The third kappa shape index (κ3) is 2.75. The van der Waals surface area contributed by atoms with Crippen molar-refractivity contribution in [2.45, 2.75) is 31.0 Å². The Hall–Kier alpha value is -1.61. The number of Topliss-reactive ketones (excluding diaryl/α,β-unsaturated/α-hetero) is 1. The Labute approximate surface area is 132 Å². The fourth-order valence-electron chi connectivity index (χ4n) is 2.83. The van der Waals surface area contributed by atoms with Crippen molar-refractivity contribution in [1.29, 1.82) is 0 Å². The molecule has 0 bridgehead atoms. The molecular weight excluding hydrogens is 326 g/mol. The van der Waals surface area contributed by atoms with Gasteiger partial charge in [-0.05, 0) is 18.6 Å². The van der Waals surface area contributed by atoms with Crippen LogP contribution in [0.4, 0.5) is 0 Å². The van der Waals surface area contributed by atoms with Gasteiger partial charge in [-0.1, -0.05) is 59.6 Å². The van der Waals surface area contributed by atoms with E-state index in [2.05, 4.69) is 40.0 Å². The van der Waals surface area contributed by atoms with Crippen LogP contribution in [0.5, 0.6) is 0 Å². The average molecular weight is 344 g/mol. The van der Waals surface area contributed by atoms with Crippen LogP contribution in [0.1, 0.15) is 36.5 Å². The minimum Gasteiger partial charge on any atom is -0.354 e. The third-order valence-corrected chi connectivity index (χ3v) is 4.63. The van der Waals surface area contributed by atoms with Gasteiger partial charge in [-0.2, -0.15) is 0 Å². The number of carbonyl (C=O) groups excluding carboxylic acids is 1. The molecule has 3 heteroatoms. The first kappa shape index (κ1) is 14.3. The molecule has 0 fully saturated rings. The second kappa shape index (κ2) is 6.02. The Kier molecular flexibility index (Phi) is 4.11. The summed E-state index contributed by atoms with van der Waals surface area (Å²) in [6.45, 7) is 2.14. The highest BCUT2D eigenvalue weighted by molar-refractivity contribution is 9.09. The van der Waals surface area contributed by atoms with E-state index in [4.69, 9.17) is 0 Å². The molecular formula is C18H18BrNO. The highest BCUT2D eigenvalue weighted by Crippen LogP contribution is 2.28. The van der Waals surface area contributed by atoms with Gasteiger partial charge in [0.15, 0.2) is 5.78 Å². The number of fused-ring (bicyclic) bond motifs is 3. The lowest BCUT2D eigenvalue weighted by atomic mass is 10.0. The summed E-state index contributed by atoms with van der Waals surface area (Å²) in [5.41, 5.74) is 2.83. The zero-order valence-corrected chi connectivity index (χ0v) is 13.6. The van der Waals surface area contributed by atoms with Crippen molar-refractivity contribution in [3.63, 3.8) is 0 Å². The smallest absolute Gasteiger partial charge is 0.166 e. The number of benzene rings is 2. The van der Waals surface area contributed by atoms with Crippen LogP contribution in [0.25, 0.3) is 21.8 Å². The number of aromatic amines is 1. The van der Waals surface area contributed by atoms with Gasteiger partial charge in [0, 0.05) is 33.1 Å². The number of hydrogen-bond donors (Lipinski definition) is 1. The number of aromatic nitrogens is 1. The highest BCUT2D eigenvalue weighted by Gasteiger charge is 2.16. The molecule has 1 N–H and O–H groups in total. The van der Waals surface area contributed by atoms with Crippen molar-refractivity contribution in [1.82, 2.24) is 4.98 Å². The maximum Gasteiger partial charge on any atom is 0.166 e. The lowest BCUT2D eigenvalue weighted by Crippen LogP contribution is -2.08. The van der Waals surface area contributed by atoms with Gasteiger partial charge in [-0.15, -0.1) is 0 Å². The monoisotopic (exact) mass is 343 g/mol. The Morgan fingerprint density at radius 3 is 2.71 bits per heavy atom.